The van der Waals surface area contributed by atoms with Crippen molar-refractivity contribution in [1.29, 1.82) is 0 Å². The number of nitrogens with one attached hydrogen (secondary N) is 2. The number of alkyl carbamates (subject to hydrolysis) is 1. The number of anilines is 3. The monoisotopic (exact) mass is 710 g/mol. The third-order valence-corrected chi connectivity index (χ3v) is 10.9. The second-order valence-electron chi connectivity index (χ2n) is 15.4. The van der Waals surface area contributed by atoms with Gasteiger partial charge in [-0.25, -0.2) is 4.79 Å². The van der Waals surface area contributed by atoms with E-state index in [9.17, 15) is 14.4 Å². The van der Waals surface area contributed by atoms with E-state index in [0.29, 0.717) is 19.4 Å². The van der Waals surface area contributed by atoms with Crippen LogP contribution in [0.3, 0.4) is 0 Å². The first kappa shape index (κ1) is 37.0. The van der Waals surface area contributed by atoms with Crippen LogP contribution < -0.4 is 26.2 Å². The summed E-state index contributed by atoms with van der Waals surface area (Å²) in [6, 6.07) is 13.4. The molecule has 3 heterocycles. The number of rotatable bonds is 8. The second kappa shape index (κ2) is 15.5. The Morgan fingerprint density at radius 1 is 1.00 bits per heavy atom. The summed E-state index contributed by atoms with van der Waals surface area (Å²) in [4.78, 5) is 46.1. The molecule has 2 aromatic rings. The third kappa shape index (κ3) is 7.84. The number of carbonyl (C=O) groups excluding carboxylic acids is 3. The Hall–Kier alpha value is -4.77. The van der Waals surface area contributed by atoms with E-state index in [0.717, 1.165) is 56.0 Å². The fourth-order valence-electron chi connectivity index (χ4n) is 8.04. The van der Waals surface area contributed by atoms with Crippen molar-refractivity contribution < 1.29 is 23.9 Å². The van der Waals surface area contributed by atoms with Crippen molar-refractivity contribution in [2.75, 3.05) is 55.5 Å². The molecule has 278 valence electrons. The van der Waals surface area contributed by atoms with Gasteiger partial charge >= 0.3 is 6.09 Å². The molecule has 3 aliphatic heterocycles. The highest BCUT2D eigenvalue weighted by Gasteiger charge is 2.43. The predicted molar refractivity (Wildman–Crippen MR) is 205 cm³/mol. The van der Waals surface area contributed by atoms with Crippen LogP contribution in [0.2, 0.25) is 0 Å². The van der Waals surface area contributed by atoms with Crippen LogP contribution >= 0.6 is 0 Å². The number of aryl methyl sites for hydroxylation is 1. The molecule has 1 unspecified atom stereocenters. The highest BCUT2D eigenvalue weighted by atomic mass is 16.5. The second-order valence-corrected chi connectivity index (χ2v) is 15.4. The number of amides is 3. The van der Waals surface area contributed by atoms with E-state index in [2.05, 4.69) is 76.4 Å². The SMILES string of the molecule is C=C1C=C([C@H]2CC[C@H](c3ccc(N)cc3)N2c2ccc(N3CCOCC3)cc2C)C=CC1NC(=O)[C@@H]1CCCN1C(=O)[C@@H](NC(=O)OC)C(C)(C)C. The van der Waals surface area contributed by atoms with Gasteiger partial charge in [0.2, 0.25) is 11.8 Å². The molecule has 3 fully saturated rings. The number of likely N-dealkylation sites (tertiary alicyclic amines) is 1. The number of carbonyl (C=O) groups is 3. The van der Waals surface area contributed by atoms with Gasteiger partial charge in [0.05, 0.1) is 38.4 Å². The van der Waals surface area contributed by atoms with Gasteiger partial charge in [-0.15, -0.1) is 0 Å². The van der Waals surface area contributed by atoms with Gasteiger partial charge in [-0.05, 0) is 90.6 Å². The van der Waals surface area contributed by atoms with Crippen LogP contribution in [0.15, 0.2) is 78.4 Å². The van der Waals surface area contributed by atoms with Gasteiger partial charge in [0, 0.05) is 36.7 Å². The molecule has 4 aliphatic rings. The van der Waals surface area contributed by atoms with Crippen LogP contribution in [0.25, 0.3) is 0 Å². The first-order valence-electron chi connectivity index (χ1n) is 18.5. The lowest BCUT2D eigenvalue weighted by molar-refractivity contribution is -0.142. The minimum absolute atomic E-state index is 0.0970. The fourth-order valence-corrected chi connectivity index (χ4v) is 8.04. The summed E-state index contributed by atoms with van der Waals surface area (Å²) >= 11 is 0. The molecular weight excluding hydrogens is 656 g/mol. The molecule has 1 aliphatic carbocycles. The van der Waals surface area contributed by atoms with Crippen LogP contribution in [0.4, 0.5) is 21.9 Å². The van der Waals surface area contributed by atoms with E-state index < -0.39 is 29.6 Å². The molecule has 2 aromatic carbocycles. The van der Waals surface area contributed by atoms with Crippen molar-refractivity contribution in [3.8, 4) is 0 Å². The molecule has 0 aromatic heterocycles. The number of nitrogens with two attached hydrogens (primary N) is 1. The number of methoxy groups -OCH3 is 1. The highest BCUT2D eigenvalue weighted by Crippen LogP contribution is 2.45. The van der Waals surface area contributed by atoms with Gasteiger partial charge in [0.1, 0.15) is 12.1 Å². The van der Waals surface area contributed by atoms with E-state index >= 15 is 0 Å². The van der Waals surface area contributed by atoms with Gasteiger partial charge in [0.25, 0.3) is 0 Å². The number of benzene rings is 2. The third-order valence-electron chi connectivity index (χ3n) is 10.9. The molecule has 11 nitrogen and oxygen atoms in total. The Labute approximate surface area is 307 Å². The number of morpholine rings is 1. The summed E-state index contributed by atoms with van der Waals surface area (Å²) in [6.07, 6.45) is 8.73. The molecule has 11 heteroatoms. The minimum atomic E-state index is -0.839. The van der Waals surface area contributed by atoms with E-state index in [1.807, 2.05) is 39.0 Å². The number of nitrogen functional groups attached to an aromatic ring is 1. The van der Waals surface area contributed by atoms with Gasteiger partial charge in [-0.3, -0.25) is 9.59 Å². The normalized spacial score (nSPS) is 24.1. The summed E-state index contributed by atoms with van der Waals surface area (Å²) in [7, 11) is 1.27. The quantitative estimate of drug-likeness (QED) is 0.310. The Kier molecular flexibility index (Phi) is 11.0. The molecule has 0 saturated carbocycles. The van der Waals surface area contributed by atoms with Crippen LogP contribution in [0.1, 0.15) is 63.6 Å². The van der Waals surface area contributed by atoms with Gasteiger partial charge < -0.3 is 40.5 Å². The van der Waals surface area contributed by atoms with Crippen LogP contribution in [0, 0.1) is 12.3 Å². The largest absolute Gasteiger partial charge is 0.453 e. The average Bonchev–Trinajstić information content (AvgIpc) is 3.80. The van der Waals surface area contributed by atoms with Gasteiger partial charge in [-0.2, -0.15) is 0 Å². The van der Waals surface area contributed by atoms with Crippen LogP contribution in [-0.2, 0) is 19.1 Å². The van der Waals surface area contributed by atoms with Crippen molar-refractivity contribution in [1.82, 2.24) is 15.5 Å². The highest BCUT2D eigenvalue weighted by molar-refractivity contribution is 5.92. The molecule has 3 saturated heterocycles. The zero-order valence-corrected chi connectivity index (χ0v) is 31.2. The van der Waals surface area contributed by atoms with Crippen molar-refractivity contribution >= 4 is 35.0 Å². The molecule has 4 N–H and O–H groups in total. The molecule has 0 spiro atoms. The van der Waals surface area contributed by atoms with Crippen LogP contribution in [0.5, 0.6) is 0 Å². The van der Waals surface area contributed by atoms with Gasteiger partial charge in [-0.1, -0.05) is 57.7 Å². The zero-order valence-electron chi connectivity index (χ0n) is 31.2. The maximum Gasteiger partial charge on any atom is 0.407 e. The van der Waals surface area contributed by atoms with E-state index in [4.69, 9.17) is 15.2 Å². The molecular formula is C41H54N6O5. The minimum Gasteiger partial charge on any atom is -0.453 e. The van der Waals surface area contributed by atoms with Crippen molar-refractivity contribution in [2.24, 2.45) is 5.41 Å². The first-order valence-corrected chi connectivity index (χ1v) is 18.5. The predicted octanol–water partition coefficient (Wildman–Crippen LogP) is 5.42. The smallest absolute Gasteiger partial charge is 0.407 e. The first-order chi connectivity index (χ1) is 24.8. The van der Waals surface area contributed by atoms with Crippen molar-refractivity contribution in [2.45, 2.75) is 83.6 Å². The number of nitrogens with zero attached hydrogens (tertiary/aromatic N) is 3. The Morgan fingerprint density at radius 3 is 2.37 bits per heavy atom. The topological polar surface area (TPSA) is 129 Å². The van der Waals surface area contributed by atoms with E-state index in [-0.39, 0.29) is 23.9 Å². The lowest BCUT2D eigenvalue weighted by Gasteiger charge is -2.37. The maximum atomic E-state index is 13.8. The summed E-state index contributed by atoms with van der Waals surface area (Å²) in [5.74, 6) is -0.521. The zero-order chi connectivity index (χ0) is 37.2. The summed E-state index contributed by atoms with van der Waals surface area (Å²) < 4.78 is 10.4. The summed E-state index contributed by atoms with van der Waals surface area (Å²) in [5.41, 5.74) is 13.0. The van der Waals surface area contributed by atoms with Crippen molar-refractivity contribution in [3.63, 3.8) is 0 Å². The standard InChI is InChI=1S/C41H54N6O5/c1-26-24-29(11-15-32(26)43-38(48)36-8-7-19-46(36)39(49)37(41(3,4)5)44-40(50)51-6)35-18-17-34(28-9-12-30(42)13-10-28)47(35)33-16-14-31(25-27(33)2)45-20-22-52-23-21-45/h9-16,24-25,32,34-37H,1,7-8,17-23,42H2,2-6H3,(H,43,48)(H,44,50)/t32?,34-,35-,36+,37-/m1/s1. The maximum absolute atomic E-state index is 13.8. The Morgan fingerprint density at radius 2 is 1.71 bits per heavy atom. The number of hydrogen-bond donors (Lipinski definition) is 3. The fraction of sp³-hybridized carbons (Fsp3) is 0.488. The molecule has 3 amide bonds. The molecule has 0 bridgehead atoms. The van der Waals surface area contributed by atoms with Crippen LogP contribution in [-0.4, -0.2) is 86.9 Å². The van der Waals surface area contributed by atoms with Gasteiger partial charge in [0.15, 0.2) is 0 Å². The van der Waals surface area contributed by atoms with E-state index in [1.54, 1.807) is 4.90 Å². The average molecular weight is 711 g/mol. The Balaban J connectivity index is 1.20. The van der Waals surface area contributed by atoms with E-state index in [1.165, 1.54) is 29.6 Å². The molecule has 5 atom stereocenters. The molecule has 52 heavy (non-hydrogen) atoms. The Bertz CT molecular complexity index is 1720. The lowest BCUT2D eigenvalue weighted by Crippen LogP contribution is -2.58. The molecule has 6 rings (SSSR count). The lowest BCUT2D eigenvalue weighted by atomic mass is 9.85. The number of hydrogen-bond acceptors (Lipinski definition) is 8. The van der Waals surface area contributed by atoms with Crippen molar-refractivity contribution in [3.05, 3.63) is 89.5 Å². The summed E-state index contributed by atoms with van der Waals surface area (Å²) in [6.45, 7) is 15.9. The molecule has 0 radical (unpaired) electrons. The number of ether oxygens (including phenoxy) is 2. The summed E-state index contributed by atoms with van der Waals surface area (Å²) in [5, 5.41) is 5.83.